The van der Waals surface area contributed by atoms with Gasteiger partial charge in [0.15, 0.2) is 0 Å². The van der Waals surface area contributed by atoms with Crippen molar-refractivity contribution in [3.05, 3.63) is 0 Å². The van der Waals surface area contributed by atoms with Crippen LogP contribution in [0.4, 0.5) is 0 Å². The standard InChI is InChI=1S/C6H16NO2.Al.4ClH/c1-7(2,3-5-8)4-6-9;;;;;/h8-9H,3-6H2,1-2H3;;4*1H/q+1;+3;;;;/p-4. The van der Waals surface area contributed by atoms with E-state index in [4.69, 9.17) is 50.4 Å². The van der Waals surface area contributed by atoms with E-state index < -0.39 is 9.39 Å². The summed E-state index contributed by atoms with van der Waals surface area (Å²) in [7, 11) is 21.0. The molecule has 0 bridgehead atoms. The highest BCUT2D eigenvalue weighted by Gasteiger charge is 2.14. The van der Waals surface area contributed by atoms with E-state index in [1.807, 2.05) is 14.1 Å². The summed E-state index contributed by atoms with van der Waals surface area (Å²) in [5.41, 5.74) is 0. The quantitative estimate of drug-likeness (QED) is 0.609. The van der Waals surface area contributed by atoms with E-state index in [9.17, 15) is 0 Å². The smallest absolute Gasteiger partial charge is 0.391 e. The number of aliphatic hydroxyl groups excluding tert-OH is 2. The molecule has 0 radical (unpaired) electrons. The first-order valence-electron chi connectivity index (χ1n) is 4.03. The summed E-state index contributed by atoms with van der Waals surface area (Å²) in [6, 6.07) is 0. The molecule has 0 aromatic heterocycles. The molecule has 0 saturated heterocycles. The Hall–Kier alpha value is 1.57. The van der Waals surface area contributed by atoms with Crippen LogP contribution < -0.4 is 0 Å². The van der Waals surface area contributed by atoms with Crippen molar-refractivity contribution in [1.82, 2.24) is 0 Å². The fourth-order valence-corrected chi connectivity index (χ4v) is 0.653. The van der Waals surface area contributed by atoms with Crippen LogP contribution in [0, 0.1) is 0 Å². The molecule has 0 amide bonds. The lowest BCUT2D eigenvalue weighted by Crippen LogP contribution is -2.43. The van der Waals surface area contributed by atoms with E-state index in [-0.39, 0.29) is 13.2 Å². The maximum atomic E-state index is 8.53. The van der Waals surface area contributed by atoms with Gasteiger partial charge in [0.05, 0.1) is 27.3 Å². The van der Waals surface area contributed by atoms with E-state index in [1.54, 1.807) is 0 Å². The SMILES string of the molecule is C[N+](C)(CCO)CCO.[Cl][Al-]([Cl])([Cl])[Cl]. The van der Waals surface area contributed by atoms with Crippen LogP contribution in [0.1, 0.15) is 0 Å². The van der Waals surface area contributed by atoms with Crippen LogP contribution in [-0.4, -0.2) is 64.5 Å². The molecule has 8 heteroatoms. The fourth-order valence-electron chi connectivity index (χ4n) is 0.653. The molecule has 0 spiro atoms. The van der Waals surface area contributed by atoms with Crippen LogP contribution in [0.25, 0.3) is 0 Å². The lowest BCUT2D eigenvalue weighted by molar-refractivity contribution is -0.890. The minimum Gasteiger partial charge on any atom is -0.391 e. The Labute approximate surface area is 104 Å². The average molecular weight is 303 g/mol. The zero-order valence-electron chi connectivity index (χ0n) is 8.26. The third-order valence-corrected chi connectivity index (χ3v) is 1.41. The topological polar surface area (TPSA) is 40.5 Å². The van der Waals surface area contributed by atoms with Gasteiger partial charge >= 0.3 is 9.39 Å². The van der Waals surface area contributed by atoms with Gasteiger partial charge in [-0.3, -0.25) is 0 Å². The second-order valence-corrected chi connectivity index (χ2v) is 16.2. The monoisotopic (exact) mass is 301 g/mol. The molecule has 3 nitrogen and oxygen atoms in total. The van der Waals surface area contributed by atoms with Crippen LogP contribution >= 0.6 is 40.2 Å². The first kappa shape index (κ1) is 18.0. The Bertz CT molecular complexity index is 128. The van der Waals surface area contributed by atoms with Gasteiger partial charge < -0.3 is 54.9 Å². The fraction of sp³-hybridized carbons (Fsp3) is 1.00. The second kappa shape index (κ2) is 8.69. The molecular weight excluding hydrogens is 287 g/mol. The number of aliphatic hydroxyl groups is 2. The molecular formula is C6H16AlCl4NO2. The molecule has 0 unspecified atom stereocenters. The molecule has 0 rings (SSSR count). The predicted octanol–water partition coefficient (Wildman–Crippen LogP) is 1.42. The first-order chi connectivity index (χ1) is 6.12. The molecule has 0 aliphatic carbocycles. The molecule has 0 aliphatic rings. The Kier molecular flexibility index (Phi) is 11.1. The first-order valence-corrected chi connectivity index (χ1v) is 11.0. The van der Waals surface area contributed by atoms with Crippen LogP contribution in [0.5, 0.6) is 0 Å². The molecule has 0 fully saturated rings. The molecule has 0 aromatic rings. The normalized spacial score (nSPS) is 12.0. The third kappa shape index (κ3) is 23.4. The van der Waals surface area contributed by atoms with E-state index >= 15 is 0 Å². The minimum atomic E-state index is -2.94. The van der Waals surface area contributed by atoms with Crippen molar-refractivity contribution >= 4 is 49.6 Å². The lowest BCUT2D eigenvalue weighted by Gasteiger charge is -2.27. The largest absolute Gasteiger partial charge is 0.564 e. The third-order valence-electron chi connectivity index (χ3n) is 1.41. The van der Waals surface area contributed by atoms with Gasteiger partial charge in [-0.15, -0.1) is 0 Å². The number of rotatable bonds is 4. The van der Waals surface area contributed by atoms with Gasteiger partial charge in [0, 0.05) is 0 Å². The van der Waals surface area contributed by atoms with Gasteiger partial charge in [0.25, 0.3) is 0 Å². The van der Waals surface area contributed by atoms with E-state index in [0.29, 0.717) is 17.6 Å². The van der Waals surface area contributed by atoms with Crippen molar-refractivity contribution in [3.63, 3.8) is 0 Å². The highest BCUT2D eigenvalue weighted by Crippen LogP contribution is 2.23. The molecule has 2 N–H and O–H groups in total. The van der Waals surface area contributed by atoms with Crippen molar-refractivity contribution in [3.8, 4) is 0 Å². The molecule has 0 atom stereocenters. The van der Waals surface area contributed by atoms with Crippen molar-refractivity contribution in [2.75, 3.05) is 40.4 Å². The number of halogens is 4. The number of quaternary nitrogens is 1. The summed E-state index contributed by atoms with van der Waals surface area (Å²) < 4.78 is 0.688. The summed E-state index contributed by atoms with van der Waals surface area (Å²) in [6.07, 6.45) is 0. The summed E-state index contributed by atoms with van der Waals surface area (Å²) in [5.74, 6) is 0. The predicted molar refractivity (Wildman–Crippen MR) is 65.2 cm³/mol. The number of hydrogen-bond acceptors (Lipinski definition) is 2. The molecule has 88 valence electrons. The number of likely N-dealkylation sites (N-methyl/N-ethyl adjacent to an activating group) is 1. The maximum Gasteiger partial charge on any atom is 0.564 e. The Morgan fingerprint density at radius 1 is 0.929 bits per heavy atom. The van der Waals surface area contributed by atoms with Crippen LogP contribution in [0.2, 0.25) is 0 Å². The molecule has 14 heavy (non-hydrogen) atoms. The zero-order valence-corrected chi connectivity index (χ0v) is 12.4. The maximum absolute atomic E-state index is 8.53. The molecule has 0 heterocycles. The van der Waals surface area contributed by atoms with E-state index in [2.05, 4.69) is 0 Å². The number of nitrogens with zero attached hydrogens (tertiary/aromatic N) is 1. The van der Waals surface area contributed by atoms with Gasteiger partial charge in [-0.25, -0.2) is 0 Å². The summed E-state index contributed by atoms with van der Waals surface area (Å²) in [6.45, 7) is 1.79. The summed E-state index contributed by atoms with van der Waals surface area (Å²) >= 11 is 0. The van der Waals surface area contributed by atoms with Crippen molar-refractivity contribution in [2.45, 2.75) is 0 Å². The Morgan fingerprint density at radius 2 is 1.14 bits per heavy atom. The van der Waals surface area contributed by atoms with Gasteiger partial charge in [-0.2, -0.15) is 0 Å². The highest BCUT2D eigenvalue weighted by atomic mass is 35.9. The summed E-state index contributed by atoms with van der Waals surface area (Å²) in [5, 5.41) is 17.1. The van der Waals surface area contributed by atoms with Crippen LogP contribution in [0.3, 0.4) is 0 Å². The van der Waals surface area contributed by atoms with Crippen LogP contribution in [-0.2, 0) is 0 Å². The summed E-state index contributed by atoms with van der Waals surface area (Å²) in [4.78, 5) is 0. The van der Waals surface area contributed by atoms with E-state index in [1.165, 1.54) is 0 Å². The minimum absolute atomic E-state index is 0.188. The van der Waals surface area contributed by atoms with E-state index in [0.717, 1.165) is 0 Å². The lowest BCUT2D eigenvalue weighted by atomic mass is 10.4. The average Bonchev–Trinajstić information content (AvgIpc) is 1.81. The van der Waals surface area contributed by atoms with Gasteiger partial charge in [0.1, 0.15) is 13.1 Å². The number of hydrogen-bond donors (Lipinski definition) is 2. The Balaban J connectivity index is 0. The van der Waals surface area contributed by atoms with Gasteiger partial charge in [0.2, 0.25) is 0 Å². The highest BCUT2D eigenvalue weighted by molar-refractivity contribution is 7.81. The van der Waals surface area contributed by atoms with Crippen molar-refractivity contribution in [1.29, 1.82) is 0 Å². The molecule has 0 saturated carbocycles. The van der Waals surface area contributed by atoms with Crippen molar-refractivity contribution in [2.24, 2.45) is 0 Å². The van der Waals surface area contributed by atoms with Gasteiger partial charge in [-0.05, 0) is 0 Å². The second-order valence-electron chi connectivity index (χ2n) is 3.33. The van der Waals surface area contributed by atoms with Crippen LogP contribution in [0.15, 0.2) is 0 Å². The van der Waals surface area contributed by atoms with Crippen molar-refractivity contribution < 1.29 is 14.7 Å². The zero-order chi connectivity index (χ0) is 11.8. The van der Waals surface area contributed by atoms with Gasteiger partial charge in [-0.1, -0.05) is 0 Å². The molecule has 0 aliphatic heterocycles. The molecule has 0 aromatic carbocycles. The Morgan fingerprint density at radius 3 is 1.29 bits per heavy atom.